The molecule has 1 saturated heterocycles. The zero-order chi connectivity index (χ0) is 14.9. The van der Waals surface area contributed by atoms with Gasteiger partial charge in [0.05, 0.1) is 13.2 Å². The fourth-order valence-electron chi connectivity index (χ4n) is 3.34. The van der Waals surface area contributed by atoms with Crippen LogP contribution in [0.1, 0.15) is 26.7 Å². The summed E-state index contributed by atoms with van der Waals surface area (Å²) in [6.45, 7) is 5.30. The maximum absolute atomic E-state index is 12.7. The predicted molar refractivity (Wildman–Crippen MR) is 74.5 cm³/mol. The molecule has 2 amide bonds. The van der Waals surface area contributed by atoms with E-state index in [-0.39, 0.29) is 30.4 Å². The van der Waals surface area contributed by atoms with Crippen LogP contribution in [0.15, 0.2) is 0 Å². The zero-order valence-electron chi connectivity index (χ0n) is 12.2. The van der Waals surface area contributed by atoms with Crippen LogP contribution in [0.3, 0.4) is 0 Å². The van der Waals surface area contributed by atoms with Crippen molar-refractivity contribution in [2.75, 3.05) is 19.8 Å². The van der Waals surface area contributed by atoms with E-state index in [4.69, 9.17) is 16.2 Å². The van der Waals surface area contributed by atoms with Gasteiger partial charge in [-0.05, 0) is 24.7 Å². The Hall–Kier alpha value is -1.14. The van der Waals surface area contributed by atoms with E-state index in [1.165, 1.54) is 0 Å². The maximum Gasteiger partial charge on any atom is 0.242 e. The predicted octanol–water partition coefficient (Wildman–Crippen LogP) is -0.291. The lowest BCUT2D eigenvalue weighted by atomic mass is 9.72. The van der Waals surface area contributed by atoms with Gasteiger partial charge in [0.1, 0.15) is 6.04 Å². The molecule has 1 saturated carbocycles. The van der Waals surface area contributed by atoms with Crippen molar-refractivity contribution >= 4 is 11.8 Å². The molecule has 0 aromatic carbocycles. The molecule has 5 unspecified atom stereocenters. The number of carbonyl (C=O) groups is 2. The van der Waals surface area contributed by atoms with Crippen LogP contribution in [0.25, 0.3) is 0 Å². The van der Waals surface area contributed by atoms with Crippen molar-refractivity contribution in [3.05, 3.63) is 0 Å². The van der Waals surface area contributed by atoms with Gasteiger partial charge >= 0.3 is 0 Å². The summed E-state index contributed by atoms with van der Waals surface area (Å²) in [6, 6.07) is -0.591. The van der Waals surface area contributed by atoms with Crippen LogP contribution >= 0.6 is 0 Å². The molecule has 1 aliphatic heterocycles. The van der Waals surface area contributed by atoms with Crippen LogP contribution in [0.5, 0.6) is 0 Å². The van der Waals surface area contributed by atoms with Gasteiger partial charge in [-0.15, -0.1) is 0 Å². The first kappa shape index (κ1) is 15.3. The number of ether oxygens (including phenoxy) is 1. The molecule has 2 aliphatic rings. The fourth-order valence-corrected chi connectivity index (χ4v) is 3.34. The van der Waals surface area contributed by atoms with Crippen molar-refractivity contribution in [1.29, 1.82) is 0 Å². The third-order valence-electron chi connectivity index (χ3n) is 4.74. The second-order valence-corrected chi connectivity index (χ2v) is 6.22. The molecule has 2 rings (SSSR count). The minimum absolute atomic E-state index is 0.00644. The Labute approximate surface area is 119 Å². The van der Waals surface area contributed by atoms with Crippen LogP contribution in [-0.4, -0.2) is 48.6 Å². The Bertz CT molecular complexity index is 388. The molecule has 0 aromatic rings. The van der Waals surface area contributed by atoms with E-state index in [0.717, 1.165) is 6.42 Å². The Kier molecular flexibility index (Phi) is 4.65. The van der Waals surface area contributed by atoms with Crippen molar-refractivity contribution in [3.8, 4) is 0 Å². The third kappa shape index (κ3) is 2.96. The van der Waals surface area contributed by atoms with Crippen molar-refractivity contribution in [1.82, 2.24) is 4.90 Å². The first-order valence-electron chi connectivity index (χ1n) is 7.35. The average Bonchev–Trinajstić information content (AvgIpc) is 2.42. The first-order chi connectivity index (χ1) is 9.41. The molecule has 20 heavy (non-hydrogen) atoms. The van der Waals surface area contributed by atoms with Gasteiger partial charge in [-0.25, -0.2) is 0 Å². The van der Waals surface area contributed by atoms with E-state index in [2.05, 4.69) is 13.8 Å². The SMILES string of the molecule is CC1CC(C)C(C(=O)N2CCOCC2C(N)=O)CC1N. The molecule has 2 fully saturated rings. The quantitative estimate of drug-likeness (QED) is 0.727. The lowest BCUT2D eigenvalue weighted by Crippen LogP contribution is -2.57. The van der Waals surface area contributed by atoms with Gasteiger partial charge in [-0.2, -0.15) is 0 Å². The van der Waals surface area contributed by atoms with Gasteiger partial charge < -0.3 is 21.1 Å². The van der Waals surface area contributed by atoms with Gasteiger partial charge in [0.2, 0.25) is 11.8 Å². The Morgan fingerprint density at radius 3 is 2.55 bits per heavy atom. The third-order valence-corrected chi connectivity index (χ3v) is 4.74. The monoisotopic (exact) mass is 283 g/mol. The summed E-state index contributed by atoms with van der Waals surface area (Å²) >= 11 is 0. The molecule has 0 aromatic heterocycles. The number of carbonyl (C=O) groups excluding carboxylic acids is 2. The van der Waals surface area contributed by atoms with E-state index in [9.17, 15) is 9.59 Å². The van der Waals surface area contributed by atoms with E-state index in [1.54, 1.807) is 4.90 Å². The van der Waals surface area contributed by atoms with Crippen molar-refractivity contribution < 1.29 is 14.3 Å². The minimum atomic E-state index is -0.640. The lowest BCUT2D eigenvalue weighted by molar-refractivity contribution is -0.153. The summed E-state index contributed by atoms with van der Waals surface area (Å²) in [5.74, 6) is 0.117. The highest BCUT2D eigenvalue weighted by Crippen LogP contribution is 2.34. The lowest BCUT2D eigenvalue weighted by Gasteiger charge is -2.41. The summed E-state index contributed by atoms with van der Waals surface area (Å²) < 4.78 is 5.26. The topological polar surface area (TPSA) is 98.6 Å². The van der Waals surface area contributed by atoms with Crippen LogP contribution in [-0.2, 0) is 14.3 Å². The van der Waals surface area contributed by atoms with Crippen LogP contribution in [0.4, 0.5) is 0 Å². The maximum atomic E-state index is 12.7. The molecule has 114 valence electrons. The van der Waals surface area contributed by atoms with E-state index in [0.29, 0.717) is 25.5 Å². The number of rotatable bonds is 2. The summed E-state index contributed by atoms with van der Waals surface area (Å²) in [5, 5.41) is 0. The highest BCUT2D eigenvalue weighted by molar-refractivity contribution is 5.88. The molecule has 6 nitrogen and oxygen atoms in total. The minimum Gasteiger partial charge on any atom is -0.377 e. The second kappa shape index (κ2) is 6.10. The van der Waals surface area contributed by atoms with Crippen molar-refractivity contribution in [3.63, 3.8) is 0 Å². The smallest absolute Gasteiger partial charge is 0.242 e. The Morgan fingerprint density at radius 1 is 1.20 bits per heavy atom. The van der Waals surface area contributed by atoms with Gasteiger partial charge in [0.15, 0.2) is 0 Å². The molecular weight excluding hydrogens is 258 g/mol. The average molecular weight is 283 g/mol. The number of amides is 2. The zero-order valence-corrected chi connectivity index (χ0v) is 12.2. The molecule has 0 bridgehead atoms. The molecule has 0 spiro atoms. The number of hydrogen-bond donors (Lipinski definition) is 2. The number of morpholine rings is 1. The Balaban J connectivity index is 2.10. The highest BCUT2D eigenvalue weighted by atomic mass is 16.5. The summed E-state index contributed by atoms with van der Waals surface area (Å²) in [7, 11) is 0. The second-order valence-electron chi connectivity index (χ2n) is 6.22. The van der Waals surface area contributed by atoms with E-state index < -0.39 is 11.9 Å². The number of nitrogens with zero attached hydrogens (tertiary/aromatic N) is 1. The van der Waals surface area contributed by atoms with Gasteiger partial charge in [0, 0.05) is 18.5 Å². The normalized spacial score (nSPS) is 38.5. The number of primary amides is 1. The molecule has 4 N–H and O–H groups in total. The molecule has 1 aliphatic carbocycles. The largest absolute Gasteiger partial charge is 0.377 e. The number of hydrogen-bond acceptors (Lipinski definition) is 4. The molecular formula is C14H25N3O3. The van der Waals surface area contributed by atoms with Crippen molar-refractivity contribution in [2.45, 2.75) is 38.8 Å². The summed E-state index contributed by atoms with van der Waals surface area (Å²) in [4.78, 5) is 25.8. The standard InChI is InChI=1S/C14H25N3O3/c1-8-5-9(2)11(15)6-10(8)14(19)17-3-4-20-7-12(17)13(16)18/h8-12H,3-7,15H2,1-2H3,(H2,16,18). The Morgan fingerprint density at radius 2 is 1.90 bits per heavy atom. The molecule has 5 atom stereocenters. The number of nitrogens with two attached hydrogens (primary N) is 2. The fraction of sp³-hybridized carbons (Fsp3) is 0.857. The highest BCUT2D eigenvalue weighted by Gasteiger charge is 2.40. The van der Waals surface area contributed by atoms with Crippen LogP contribution < -0.4 is 11.5 Å². The van der Waals surface area contributed by atoms with E-state index in [1.807, 2.05) is 0 Å². The molecule has 6 heteroatoms. The van der Waals surface area contributed by atoms with E-state index >= 15 is 0 Å². The molecule has 1 heterocycles. The summed E-state index contributed by atoms with van der Waals surface area (Å²) in [6.07, 6.45) is 1.63. The van der Waals surface area contributed by atoms with Gasteiger partial charge in [0.25, 0.3) is 0 Å². The van der Waals surface area contributed by atoms with Gasteiger partial charge in [-0.1, -0.05) is 13.8 Å². The summed E-state index contributed by atoms with van der Waals surface area (Å²) in [5.41, 5.74) is 11.5. The van der Waals surface area contributed by atoms with Crippen LogP contribution in [0, 0.1) is 17.8 Å². The van der Waals surface area contributed by atoms with Crippen LogP contribution in [0.2, 0.25) is 0 Å². The van der Waals surface area contributed by atoms with Gasteiger partial charge in [-0.3, -0.25) is 9.59 Å². The van der Waals surface area contributed by atoms with Crippen molar-refractivity contribution in [2.24, 2.45) is 29.2 Å². The first-order valence-corrected chi connectivity index (χ1v) is 7.35. The molecule has 0 radical (unpaired) electrons.